The number of nitrogens with zero attached hydrogens (tertiary/aromatic N) is 4. The van der Waals surface area contributed by atoms with Crippen molar-refractivity contribution in [1.29, 1.82) is 5.26 Å². The van der Waals surface area contributed by atoms with E-state index in [4.69, 9.17) is 10.4 Å². The molecule has 0 saturated carbocycles. The lowest BCUT2D eigenvalue weighted by Crippen LogP contribution is -2.08. The Bertz CT molecular complexity index is 797. The number of rotatable bonds is 4. The van der Waals surface area contributed by atoms with Gasteiger partial charge in [0.15, 0.2) is 17.5 Å². The summed E-state index contributed by atoms with van der Waals surface area (Å²) in [6, 6.07) is 1.84. The lowest BCUT2D eigenvalue weighted by atomic mass is 10.1. The van der Waals surface area contributed by atoms with Crippen LogP contribution in [-0.4, -0.2) is 31.7 Å². The van der Waals surface area contributed by atoms with E-state index in [0.29, 0.717) is 0 Å². The smallest absolute Gasteiger partial charge is 0.338 e. The highest BCUT2D eigenvalue weighted by molar-refractivity contribution is 5.89. The standard InChI is InChI=1S/C11H5F3N6O2/c12-6-1-5(11(21)22)7(13)9(8(6)14)16-3-4(2-15)10-17-19-20-18-10/h1,3,16H,(H,21,22)(H,17,18,19,20). The molecule has 11 heteroatoms. The molecule has 22 heavy (non-hydrogen) atoms. The molecule has 0 aliphatic rings. The molecule has 0 bridgehead atoms. The number of aromatic amines is 1. The zero-order chi connectivity index (χ0) is 16.3. The van der Waals surface area contributed by atoms with Gasteiger partial charge in [-0.3, -0.25) is 0 Å². The average Bonchev–Trinajstić information content (AvgIpc) is 3.00. The van der Waals surface area contributed by atoms with Crippen LogP contribution in [0.2, 0.25) is 0 Å². The SMILES string of the molecule is N#CC(=CNc1c(F)c(F)cc(C(=O)O)c1F)c1nn[nH]n1. The van der Waals surface area contributed by atoms with Crippen LogP contribution in [0.1, 0.15) is 16.2 Å². The van der Waals surface area contributed by atoms with Crippen LogP contribution in [0.25, 0.3) is 5.57 Å². The number of carboxylic acids is 1. The predicted octanol–water partition coefficient (Wildman–Crippen LogP) is 1.29. The number of benzene rings is 1. The highest BCUT2D eigenvalue weighted by atomic mass is 19.2. The molecule has 0 aliphatic carbocycles. The summed E-state index contributed by atoms with van der Waals surface area (Å²) < 4.78 is 40.7. The number of hydrogen-bond donors (Lipinski definition) is 3. The van der Waals surface area contributed by atoms with Crippen LogP contribution in [0.15, 0.2) is 12.3 Å². The van der Waals surface area contributed by atoms with Crippen LogP contribution in [0, 0.1) is 28.8 Å². The summed E-state index contributed by atoms with van der Waals surface area (Å²) in [5.41, 5.74) is -2.39. The number of carboxylic acid groups (broad SMARTS) is 1. The van der Waals surface area contributed by atoms with Crippen molar-refractivity contribution in [3.05, 3.63) is 41.1 Å². The Morgan fingerprint density at radius 1 is 1.41 bits per heavy atom. The van der Waals surface area contributed by atoms with E-state index in [1.807, 2.05) is 5.32 Å². The fourth-order valence-electron chi connectivity index (χ4n) is 1.45. The maximum atomic E-state index is 13.8. The van der Waals surface area contributed by atoms with E-state index in [9.17, 15) is 18.0 Å². The molecule has 1 aromatic carbocycles. The first-order chi connectivity index (χ1) is 10.5. The van der Waals surface area contributed by atoms with Crippen molar-refractivity contribution in [3.63, 3.8) is 0 Å². The van der Waals surface area contributed by atoms with Gasteiger partial charge in [0.2, 0.25) is 5.82 Å². The molecule has 2 aromatic rings. The van der Waals surface area contributed by atoms with Crippen LogP contribution in [0.3, 0.4) is 0 Å². The van der Waals surface area contributed by atoms with E-state index in [-0.39, 0.29) is 17.5 Å². The van der Waals surface area contributed by atoms with E-state index < -0.39 is 34.7 Å². The summed E-state index contributed by atoms with van der Waals surface area (Å²) in [5.74, 6) is -6.67. The van der Waals surface area contributed by atoms with Gasteiger partial charge < -0.3 is 10.4 Å². The zero-order valence-electron chi connectivity index (χ0n) is 10.4. The normalized spacial score (nSPS) is 11.1. The summed E-state index contributed by atoms with van der Waals surface area (Å²) in [5, 5.41) is 31.8. The van der Waals surface area contributed by atoms with E-state index in [1.165, 1.54) is 0 Å². The molecule has 0 fully saturated rings. The van der Waals surface area contributed by atoms with Gasteiger partial charge in [0.1, 0.15) is 22.9 Å². The minimum Gasteiger partial charge on any atom is -0.478 e. The van der Waals surface area contributed by atoms with Crippen LogP contribution in [0.5, 0.6) is 0 Å². The van der Waals surface area contributed by atoms with Gasteiger partial charge in [-0.05, 0) is 11.3 Å². The predicted molar refractivity (Wildman–Crippen MR) is 64.7 cm³/mol. The van der Waals surface area contributed by atoms with Gasteiger partial charge in [0, 0.05) is 6.20 Å². The molecule has 112 valence electrons. The molecule has 1 aromatic heterocycles. The minimum absolute atomic E-state index is 0.175. The fraction of sp³-hybridized carbons (Fsp3) is 0. The number of carbonyl (C=O) groups is 1. The first-order valence-corrected chi connectivity index (χ1v) is 5.47. The fourth-order valence-corrected chi connectivity index (χ4v) is 1.45. The topological polar surface area (TPSA) is 128 Å². The van der Waals surface area contributed by atoms with Crippen LogP contribution in [0.4, 0.5) is 18.9 Å². The van der Waals surface area contributed by atoms with Crippen LogP contribution >= 0.6 is 0 Å². The zero-order valence-corrected chi connectivity index (χ0v) is 10.4. The Kier molecular flexibility index (Phi) is 4.03. The van der Waals surface area contributed by atoms with E-state index in [2.05, 4.69) is 20.6 Å². The first kappa shape index (κ1) is 15.0. The van der Waals surface area contributed by atoms with Gasteiger partial charge in [-0.2, -0.15) is 10.5 Å². The molecule has 0 amide bonds. The summed E-state index contributed by atoms with van der Waals surface area (Å²) in [7, 11) is 0. The number of halogens is 3. The number of anilines is 1. The number of nitrogens with one attached hydrogen (secondary N) is 2. The quantitative estimate of drug-likeness (QED) is 0.573. The Morgan fingerprint density at radius 2 is 2.14 bits per heavy atom. The summed E-state index contributed by atoms with van der Waals surface area (Å²) in [6.07, 6.45) is 0.789. The minimum atomic E-state index is -1.78. The molecule has 3 N–H and O–H groups in total. The number of hydrogen-bond acceptors (Lipinski definition) is 6. The largest absolute Gasteiger partial charge is 0.478 e. The van der Waals surface area contributed by atoms with Crippen LogP contribution in [-0.2, 0) is 0 Å². The molecule has 0 spiro atoms. The molecule has 0 saturated heterocycles. The molecule has 2 rings (SSSR count). The monoisotopic (exact) mass is 310 g/mol. The second-order valence-corrected chi connectivity index (χ2v) is 3.76. The molecule has 8 nitrogen and oxygen atoms in total. The Balaban J connectivity index is 2.46. The Labute approximate surface area is 119 Å². The lowest BCUT2D eigenvalue weighted by molar-refractivity contribution is 0.0691. The van der Waals surface area contributed by atoms with Crippen LogP contribution < -0.4 is 5.32 Å². The van der Waals surface area contributed by atoms with E-state index in [0.717, 1.165) is 6.20 Å². The second kappa shape index (κ2) is 5.92. The highest BCUT2D eigenvalue weighted by Gasteiger charge is 2.22. The maximum absolute atomic E-state index is 13.8. The van der Waals surface area contributed by atoms with E-state index >= 15 is 0 Å². The van der Waals surface area contributed by atoms with Crippen molar-refractivity contribution in [2.24, 2.45) is 0 Å². The van der Waals surface area contributed by atoms with Gasteiger partial charge in [-0.1, -0.05) is 0 Å². The summed E-state index contributed by atoms with van der Waals surface area (Å²) in [6.45, 7) is 0. The van der Waals surface area contributed by atoms with Gasteiger partial charge in [0.25, 0.3) is 0 Å². The molecular weight excluding hydrogens is 305 g/mol. The number of nitriles is 1. The number of H-pyrrole nitrogens is 1. The average molecular weight is 310 g/mol. The Morgan fingerprint density at radius 3 is 2.68 bits per heavy atom. The van der Waals surface area contributed by atoms with Crippen molar-refractivity contribution in [1.82, 2.24) is 20.6 Å². The highest BCUT2D eigenvalue weighted by Crippen LogP contribution is 2.25. The molecule has 0 radical (unpaired) electrons. The maximum Gasteiger partial charge on any atom is 0.338 e. The van der Waals surface area contributed by atoms with Gasteiger partial charge >= 0.3 is 5.97 Å². The molecule has 0 atom stereocenters. The summed E-state index contributed by atoms with van der Waals surface area (Å²) in [4.78, 5) is 10.8. The molecular formula is C11H5F3N6O2. The van der Waals surface area contributed by atoms with Crippen molar-refractivity contribution >= 4 is 17.2 Å². The summed E-state index contributed by atoms with van der Waals surface area (Å²) >= 11 is 0. The number of aromatic carboxylic acids is 1. The first-order valence-electron chi connectivity index (χ1n) is 5.47. The van der Waals surface area contributed by atoms with Crippen molar-refractivity contribution in [2.45, 2.75) is 0 Å². The van der Waals surface area contributed by atoms with Gasteiger partial charge in [0.05, 0.1) is 0 Å². The third-order valence-corrected chi connectivity index (χ3v) is 2.45. The number of tetrazole rings is 1. The lowest BCUT2D eigenvalue weighted by Gasteiger charge is -2.08. The van der Waals surface area contributed by atoms with Gasteiger partial charge in [-0.15, -0.1) is 10.2 Å². The Hall–Kier alpha value is -3.42. The number of allylic oxidation sites excluding steroid dienone is 1. The van der Waals surface area contributed by atoms with Crippen molar-refractivity contribution < 1.29 is 23.1 Å². The van der Waals surface area contributed by atoms with E-state index in [1.54, 1.807) is 6.07 Å². The number of aromatic nitrogens is 4. The van der Waals surface area contributed by atoms with Crippen molar-refractivity contribution in [3.8, 4) is 6.07 Å². The molecule has 0 aliphatic heterocycles. The van der Waals surface area contributed by atoms with Crippen molar-refractivity contribution in [2.75, 3.05) is 5.32 Å². The molecule has 1 heterocycles. The third-order valence-electron chi connectivity index (χ3n) is 2.45. The third kappa shape index (κ3) is 2.70. The second-order valence-electron chi connectivity index (χ2n) is 3.76. The molecule has 0 unspecified atom stereocenters. The van der Waals surface area contributed by atoms with Gasteiger partial charge in [-0.25, -0.2) is 18.0 Å².